The molecule has 0 saturated heterocycles. The predicted octanol–water partition coefficient (Wildman–Crippen LogP) is 0.922. The van der Waals surface area contributed by atoms with Gasteiger partial charge in [-0.1, -0.05) is 25.7 Å². The summed E-state index contributed by atoms with van der Waals surface area (Å²) in [5.74, 6) is 0. The summed E-state index contributed by atoms with van der Waals surface area (Å²) >= 11 is 0. The van der Waals surface area contributed by atoms with Gasteiger partial charge in [-0.15, -0.1) is 0 Å². The molecule has 9 heteroatoms. The maximum atomic E-state index is 8.74. The van der Waals surface area contributed by atoms with E-state index in [1.165, 1.54) is 12.8 Å². The molecule has 2 atom stereocenters. The molecule has 0 aromatic heterocycles. The Labute approximate surface area is 104 Å². The first kappa shape index (κ1) is 20.8. The molecule has 0 aromatic carbocycles. The number of hydrogen-bond acceptors (Lipinski definition) is 2. The second-order valence-electron chi connectivity index (χ2n) is 2.95. The first-order valence-electron chi connectivity index (χ1n) is 3.93. The van der Waals surface area contributed by atoms with Crippen molar-refractivity contribution in [3.63, 3.8) is 0 Å². The second-order valence-corrected chi connectivity index (χ2v) is 3.84. The molecule has 15 heavy (non-hydrogen) atoms. The number of rotatable bonds is 0. The first-order valence-corrected chi connectivity index (χ1v) is 5.32. The molecule has 96 valence electrons. The van der Waals surface area contributed by atoms with Crippen molar-refractivity contribution in [1.29, 1.82) is 0 Å². The molecule has 0 amide bonds. The smallest absolute Gasteiger partial charge is 0.676 e. The van der Waals surface area contributed by atoms with Gasteiger partial charge in [0.1, 0.15) is 0 Å². The minimum absolute atomic E-state index is 0. The van der Waals surface area contributed by atoms with E-state index in [1.54, 1.807) is 0 Å². The minimum atomic E-state index is -4.67. The second kappa shape index (κ2) is 9.65. The van der Waals surface area contributed by atoms with Crippen molar-refractivity contribution >= 4 is 10.4 Å². The Morgan fingerprint density at radius 3 is 1.33 bits per heavy atom. The number of nitrogens with one attached hydrogen (secondary N) is 2. The molecule has 0 aromatic rings. The summed E-state index contributed by atoms with van der Waals surface area (Å²) in [6.07, 6.45) is 4.25. The van der Waals surface area contributed by atoms with Crippen LogP contribution in [0.5, 0.6) is 0 Å². The molecule has 0 heterocycles. The van der Waals surface area contributed by atoms with Gasteiger partial charge in [-0.3, -0.25) is 9.11 Å². The quantitative estimate of drug-likeness (QED) is 0.556. The van der Waals surface area contributed by atoms with Crippen LogP contribution in [0.3, 0.4) is 0 Å². The van der Waals surface area contributed by atoms with Crippen LogP contribution in [-0.2, 0) is 31.5 Å². The Kier molecular flexibility index (Phi) is 13.4. The molecule has 0 spiro atoms. The SMILES string of the molecule is O.O=S(=O)(O)O.[NH-][C@@H]1CCCC[C@H]1[NH-].[Pt+2]. The van der Waals surface area contributed by atoms with Crippen LogP contribution < -0.4 is 0 Å². The fourth-order valence-electron chi connectivity index (χ4n) is 1.13. The van der Waals surface area contributed by atoms with Crippen molar-refractivity contribution in [1.82, 2.24) is 0 Å². The van der Waals surface area contributed by atoms with Crippen molar-refractivity contribution in [2.45, 2.75) is 37.8 Å². The summed E-state index contributed by atoms with van der Waals surface area (Å²) < 4.78 is 31.6. The number of hydrogen-bond donors (Lipinski definition) is 2. The van der Waals surface area contributed by atoms with E-state index in [0.717, 1.165) is 12.8 Å². The average molecular weight is 423 g/mol. The van der Waals surface area contributed by atoms with Crippen LogP contribution in [-0.4, -0.2) is 35.1 Å². The molecule has 1 saturated carbocycles. The standard InChI is InChI=1S/C6H12N2.H2O4S.H2O.Pt/c7-5-3-1-2-4-6(5)8;1-5(2,3)4;;/h5-8H,1-4H2;(H2,1,2,3,4);1H2;/q-2;;;+2/t5-,6-;;;/m1.../s1. The van der Waals surface area contributed by atoms with Gasteiger partial charge in [0.05, 0.1) is 0 Å². The van der Waals surface area contributed by atoms with E-state index < -0.39 is 10.4 Å². The molecular weight excluding hydrogens is 407 g/mol. The fraction of sp³-hybridized carbons (Fsp3) is 1.00. The zero-order chi connectivity index (χ0) is 10.5. The van der Waals surface area contributed by atoms with Crippen LogP contribution in [0.15, 0.2) is 0 Å². The summed E-state index contributed by atoms with van der Waals surface area (Å²) in [7, 11) is -4.67. The molecule has 0 bridgehead atoms. The van der Waals surface area contributed by atoms with Gasteiger partial charge in [0.2, 0.25) is 0 Å². The molecule has 7 nitrogen and oxygen atoms in total. The Morgan fingerprint density at radius 1 is 1.00 bits per heavy atom. The van der Waals surface area contributed by atoms with Gasteiger partial charge in [-0.25, -0.2) is 0 Å². The summed E-state index contributed by atoms with van der Waals surface area (Å²) in [6.45, 7) is 0. The van der Waals surface area contributed by atoms with Gasteiger partial charge in [0.15, 0.2) is 0 Å². The third-order valence-corrected chi connectivity index (χ3v) is 1.77. The molecule has 6 N–H and O–H groups in total. The van der Waals surface area contributed by atoms with E-state index in [2.05, 4.69) is 0 Å². The van der Waals surface area contributed by atoms with E-state index >= 15 is 0 Å². The Hall–Kier alpha value is 0.438. The van der Waals surface area contributed by atoms with Gasteiger partial charge in [0.25, 0.3) is 0 Å². The van der Waals surface area contributed by atoms with Crippen molar-refractivity contribution in [2.75, 3.05) is 0 Å². The van der Waals surface area contributed by atoms with E-state index in [0.29, 0.717) is 0 Å². The van der Waals surface area contributed by atoms with Crippen molar-refractivity contribution in [3.05, 3.63) is 11.5 Å². The zero-order valence-corrected chi connectivity index (χ0v) is 11.0. The summed E-state index contributed by atoms with van der Waals surface area (Å²) in [5, 5.41) is 0. The average Bonchev–Trinajstić information content (AvgIpc) is 1.92. The molecule has 0 radical (unpaired) electrons. The van der Waals surface area contributed by atoms with Crippen molar-refractivity contribution in [2.24, 2.45) is 0 Å². The molecule has 0 unspecified atom stereocenters. The molecule has 1 aliphatic carbocycles. The van der Waals surface area contributed by atoms with Crippen LogP contribution in [0, 0.1) is 0 Å². The third-order valence-electron chi connectivity index (χ3n) is 1.77. The maximum Gasteiger partial charge on any atom is 2.00 e. The van der Waals surface area contributed by atoms with Gasteiger partial charge in [0, 0.05) is 0 Å². The third kappa shape index (κ3) is 17.1. The largest absolute Gasteiger partial charge is 2.00 e. The van der Waals surface area contributed by atoms with Gasteiger partial charge in [-0.05, 0) is 0 Å². The van der Waals surface area contributed by atoms with E-state index in [9.17, 15) is 0 Å². The van der Waals surface area contributed by atoms with Gasteiger partial charge in [-0.2, -0.15) is 20.5 Å². The summed E-state index contributed by atoms with van der Waals surface area (Å²) in [5.41, 5.74) is 14.6. The molecule has 1 rings (SSSR count). The molecule has 1 fully saturated rings. The van der Waals surface area contributed by atoms with E-state index in [-0.39, 0.29) is 38.6 Å². The van der Waals surface area contributed by atoms with E-state index in [1.807, 2.05) is 0 Å². The zero-order valence-electron chi connectivity index (χ0n) is 7.92. The van der Waals surface area contributed by atoms with Crippen LogP contribution >= 0.6 is 0 Å². The minimum Gasteiger partial charge on any atom is -0.676 e. The van der Waals surface area contributed by atoms with Crippen molar-refractivity contribution in [3.8, 4) is 0 Å². The summed E-state index contributed by atoms with van der Waals surface area (Å²) in [4.78, 5) is 0. The van der Waals surface area contributed by atoms with Crippen LogP contribution in [0.2, 0.25) is 0 Å². The molecule has 1 aliphatic rings. The Balaban J connectivity index is -0.000000185. The fourth-order valence-corrected chi connectivity index (χ4v) is 1.13. The van der Waals surface area contributed by atoms with Crippen molar-refractivity contribution < 1.29 is 44.1 Å². The maximum absolute atomic E-state index is 8.74. The van der Waals surface area contributed by atoms with Gasteiger partial charge >= 0.3 is 31.5 Å². The van der Waals surface area contributed by atoms with Gasteiger partial charge < -0.3 is 16.9 Å². The molecular formula is C6H16N2O5PtS. The monoisotopic (exact) mass is 423 g/mol. The van der Waals surface area contributed by atoms with Crippen LogP contribution in [0.4, 0.5) is 0 Å². The predicted molar refractivity (Wildman–Crippen MR) is 52.5 cm³/mol. The Morgan fingerprint density at radius 2 is 1.20 bits per heavy atom. The van der Waals surface area contributed by atoms with Crippen LogP contribution in [0.1, 0.15) is 25.7 Å². The molecule has 0 aliphatic heterocycles. The normalized spacial score (nSPS) is 25.1. The summed E-state index contributed by atoms with van der Waals surface area (Å²) in [6, 6.07) is -0.160. The first-order chi connectivity index (χ1) is 5.80. The Bertz CT molecular complexity index is 218. The van der Waals surface area contributed by atoms with Crippen LogP contribution in [0.25, 0.3) is 11.5 Å². The van der Waals surface area contributed by atoms with E-state index in [4.69, 9.17) is 29.0 Å². The topological polar surface area (TPSA) is 154 Å².